The molecule has 1 N–H and O–H groups in total. The summed E-state index contributed by atoms with van der Waals surface area (Å²) in [5.41, 5.74) is 0.585. The summed E-state index contributed by atoms with van der Waals surface area (Å²) in [5.74, 6) is 0.916. The van der Waals surface area contributed by atoms with Crippen molar-refractivity contribution in [3.63, 3.8) is 0 Å². The molecule has 0 bridgehead atoms. The van der Waals surface area contributed by atoms with Crippen molar-refractivity contribution in [2.75, 3.05) is 33.4 Å². The Hall–Kier alpha value is -1.17. The Morgan fingerprint density at radius 1 is 1.45 bits per heavy atom. The molecule has 1 aromatic heterocycles. The third kappa shape index (κ3) is 4.41. The molecule has 1 aliphatic rings. The highest BCUT2D eigenvalue weighted by Crippen LogP contribution is 2.31. The van der Waals surface area contributed by atoms with Crippen molar-refractivity contribution in [2.24, 2.45) is 5.92 Å². The maximum atomic E-state index is 10.7. The topological polar surface area (TPSA) is 54.8 Å². The zero-order valence-corrected chi connectivity index (χ0v) is 13.9. The van der Waals surface area contributed by atoms with Gasteiger partial charge in [0.25, 0.3) is 0 Å². The fraction of sp³-hybridized carbons (Fsp3) is 0.706. The number of likely N-dealkylation sites (tertiary alicyclic amines) is 1. The number of nitrogens with zero attached hydrogens (tertiary/aromatic N) is 2. The molecule has 1 aliphatic heterocycles. The van der Waals surface area contributed by atoms with Gasteiger partial charge in [0.05, 0.1) is 12.2 Å². The van der Waals surface area contributed by atoms with E-state index in [0.29, 0.717) is 25.5 Å². The van der Waals surface area contributed by atoms with E-state index < -0.39 is 5.60 Å². The Morgan fingerprint density at radius 3 is 2.86 bits per heavy atom. The average Bonchev–Trinajstić information content (AvgIpc) is 2.52. The number of hydrogen-bond donors (Lipinski definition) is 1. The van der Waals surface area contributed by atoms with Crippen LogP contribution in [0.1, 0.15) is 32.3 Å². The molecule has 5 nitrogen and oxygen atoms in total. The molecular weight excluding hydrogens is 280 g/mol. The highest BCUT2D eigenvalue weighted by atomic mass is 16.5. The summed E-state index contributed by atoms with van der Waals surface area (Å²) in [6.07, 6.45) is 3.38. The van der Waals surface area contributed by atoms with Crippen molar-refractivity contribution in [3.8, 4) is 5.88 Å². The molecule has 124 valence electrons. The van der Waals surface area contributed by atoms with Crippen LogP contribution in [-0.4, -0.2) is 54.0 Å². The van der Waals surface area contributed by atoms with Crippen molar-refractivity contribution < 1.29 is 14.6 Å². The molecule has 5 heteroatoms. The number of pyridine rings is 1. The van der Waals surface area contributed by atoms with E-state index in [0.717, 1.165) is 26.1 Å². The number of rotatable bonds is 7. The number of piperidine rings is 1. The minimum atomic E-state index is -0.594. The number of hydrogen-bond acceptors (Lipinski definition) is 5. The SMILES string of the molecule is CCOc1ccc(CN2CC[C@](O)(CCOC)[C@@H](C)C2)cn1. The third-order valence-electron chi connectivity index (χ3n) is 4.55. The fourth-order valence-corrected chi connectivity index (χ4v) is 3.04. The number of ether oxygens (including phenoxy) is 2. The zero-order valence-electron chi connectivity index (χ0n) is 13.9. The lowest BCUT2D eigenvalue weighted by Gasteiger charge is -2.43. The lowest BCUT2D eigenvalue weighted by Crippen LogP contribution is -2.51. The van der Waals surface area contributed by atoms with Crippen LogP contribution in [-0.2, 0) is 11.3 Å². The van der Waals surface area contributed by atoms with E-state index in [2.05, 4.69) is 22.9 Å². The van der Waals surface area contributed by atoms with Gasteiger partial charge in [-0.15, -0.1) is 0 Å². The van der Waals surface area contributed by atoms with Gasteiger partial charge in [0.15, 0.2) is 0 Å². The molecule has 0 unspecified atom stereocenters. The molecule has 2 heterocycles. The molecule has 22 heavy (non-hydrogen) atoms. The highest BCUT2D eigenvalue weighted by Gasteiger charge is 2.38. The predicted octanol–water partition coefficient (Wildman–Crippen LogP) is 2.09. The van der Waals surface area contributed by atoms with E-state index in [1.54, 1.807) is 7.11 Å². The summed E-state index contributed by atoms with van der Waals surface area (Å²) in [5, 5.41) is 10.7. The molecule has 0 amide bonds. The van der Waals surface area contributed by atoms with Gasteiger partial charge in [0.1, 0.15) is 0 Å². The van der Waals surface area contributed by atoms with Crippen LogP contribution in [0.15, 0.2) is 18.3 Å². The summed E-state index contributed by atoms with van der Waals surface area (Å²) in [6.45, 7) is 7.99. The van der Waals surface area contributed by atoms with Gasteiger partial charge < -0.3 is 14.6 Å². The second-order valence-electron chi connectivity index (χ2n) is 6.17. The quantitative estimate of drug-likeness (QED) is 0.836. The molecule has 0 saturated carbocycles. The van der Waals surface area contributed by atoms with Crippen LogP contribution in [0.3, 0.4) is 0 Å². The van der Waals surface area contributed by atoms with Crippen molar-refractivity contribution in [3.05, 3.63) is 23.9 Å². The van der Waals surface area contributed by atoms with Crippen molar-refractivity contribution >= 4 is 0 Å². The van der Waals surface area contributed by atoms with E-state index in [9.17, 15) is 5.11 Å². The second-order valence-corrected chi connectivity index (χ2v) is 6.17. The van der Waals surface area contributed by atoms with E-state index in [1.807, 2.05) is 19.2 Å². The van der Waals surface area contributed by atoms with Gasteiger partial charge in [0.2, 0.25) is 5.88 Å². The van der Waals surface area contributed by atoms with Crippen LogP contribution in [0.2, 0.25) is 0 Å². The standard InChI is InChI=1S/C17H28N2O3/c1-4-22-16-6-5-15(11-18-16)13-19-9-7-17(20,8-10-21-3)14(2)12-19/h5-6,11,14,20H,4,7-10,12-13H2,1-3H3/t14-,17-/m0/s1. The Bertz CT molecular complexity index is 452. The Morgan fingerprint density at radius 2 is 2.27 bits per heavy atom. The van der Waals surface area contributed by atoms with Crippen LogP contribution < -0.4 is 4.74 Å². The Labute approximate surface area is 133 Å². The molecule has 1 fully saturated rings. The molecule has 0 spiro atoms. The molecule has 1 aromatic rings. The molecule has 2 atom stereocenters. The third-order valence-corrected chi connectivity index (χ3v) is 4.55. The van der Waals surface area contributed by atoms with Gasteiger partial charge in [-0.3, -0.25) is 4.90 Å². The highest BCUT2D eigenvalue weighted by molar-refractivity contribution is 5.18. The van der Waals surface area contributed by atoms with E-state index in [4.69, 9.17) is 9.47 Å². The maximum Gasteiger partial charge on any atom is 0.213 e. The first-order valence-corrected chi connectivity index (χ1v) is 8.09. The molecule has 0 aromatic carbocycles. The normalized spacial score (nSPS) is 26.1. The van der Waals surface area contributed by atoms with Gasteiger partial charge in [-0.2, -0.15) is 0 Å². The lowest BCUT2D eigenvalue weighted by molar-refractivity contribution is -0.0827. The second kappa shape index (κ2) is 7.90. The largest absolute Gasteiger partial charge is 0.478 e. The van der Waals surface area contributed by atoms with Crippen molar-refractivity contribution in [2.45, 2.75) is 38.8 Å². The Balaban J connectivity index is 1.87. The van der Waals surface area contributed by atoms with Gasteiger partial charge in [-0.05, 0) is 31.2 Å². The fourth-order valence-electron chi connectivity index (χ4n) is 3.04. The van der Waals surface area contributed by atoms with E-state index in [1.165, 1.54) is 5.56 Å². The number of aromatic nitrogens is 1. The molecule has 2 rings (SSSR count). The first kappa shape index (κ1) is 17.2. The maximum absolute atomic E-state index is 10.7. The van der Waals surface area contributed by atoms with Gasteiger partial charge >= 0.3 is 0 Å². The predicted molar refractivity (Wildman–Crippen MR) is 85.9 cm³/mol. The molecular formula is C17H28N2O3. The summed E-state index contributed by atoms with van der Waals surface area (Å²) >= 11 is 0. The first-order chi connectivity index (χ1) is 10.6. The van der Waals surface area contributed by atoms with Crippen molar-refractivity contribution in [1.29, 1.82) is 0 Å². The van der Waals surface area contributed by atoms with E-state index >= 15 is 0 Å². The molecule has 1 saturated heterocycles. The summed E-state index contributed by atoms with van der Waals surface area (Å²) in [4.78, 5) is 6.69. The van der Waals surface area contributed by atoms with Crippen LogP contribution in [0.25, 0.3) is 0 Å². The summed E-state index contributed by atoms with van der Waals surface area (Å²) < 4.78 is 10.5. The summed E-state index contributed by atoms with van der Waals surface area (Å²) in [6, 6.07) is 3.98. The number of aliphatic hydroxyl groups is 1. The Kier molecular flexibility index (Phi) is 6.17. The monoisotopic (exact) mass is 308 g/mol. The molecule has 0 aliphatic carbocycles. The lowest BCUT2D eigenvalue weighted by atomic mass is 9.80. The van der Waals surface area contributed by atoms with Gasteiger partial charge in [-0.25, -0.2) is 4.98 Å². The first-order valence-electron chi connectivity index (χ1n) is 8.09. The minimum Gasteiger partial charge on any atom is -0.478 e. The van der Waals surface area contributed by atoms with Gasteiger partial charge in [0, 0.05) is 45.6 Å². The van der Waals surface area contributed by atoms with Crippen LogP contribution in [0.5, 0.6) is 5.88 Å². The van der Waals surface area contributed by atoms with Crippen LogP contribution in [0.4, 0.5) is 0 Å². The zero-order chi connectivity index (χ0) is 16.0. The van der Waals surface area contributed by atoms with Gasteiger partial charge in [-0.1, -0.05) is 13.0 Å². The smallest absolute Gasteiger partial charge is 0.213 e. The summed E-state index contributed by atoms with van der Waals surface area (Å²) in [7, 11) is 1.68. The average molecular weight is 308 g/mol. The van der Waals surface area contributed by atoms with Crippen LogP contribution in [0, 0.1) is 5.92 Å². The van der Waals surface area contributed by atoms with Crippen molar-refractivity contribution in [1.82, 2.24) is 9.88 Å². The molecule has 0 radical (unpaired) electrons. The number of methoxy groups -OCH3 is 1. The van der Waals surface area contributed by atoms with Crippen LogP contribution >= 0.6 is 0 Å². The van der Waals surface area contributed by atoms with E-state index in [-0.39, 0.29) is 5.92 Å². The minimum absolute atomic E-state index is 0.243.